The third-order valence-electron chi connectivity index (χ3n) is 8.70. The van der Waals surface area contributed by atoms with Crippen LogP contribution in [0.2, 0.25) is 0 Å². The molecule has 4 rings (SSSR count). The Kier molecular flexibility index (Phi) is 12.4. The summed E-state index contributed by atoms with van der Waals surface area (Å²) in [6.45, 7) is 6.07. The number of hydrogen-bond donors (Lipinski definition) is 2. The molecule has 1 aliphatic heterocycles. The van der Waals surface area contributed by atoms with E-state index in [2.05, 4.69) is 13.5 Å². The predicted octanol–water partition coefficient (Wildman–Crippen LogP) is 6.95. The van der Waals surface area contributed by atoms with E-state index >= 15 is 0 Å². The highest BCUT2D eigenvalue weighted by Crippen LogP contribution is 2.37. The van der Waals surface area contributed by atoms with Crippen molar-refractivity contribution in [3.8, 4) is 16.9 Å². The van der Waals surface area contributed by atoms with Gasteiger partial charge in [-0.1, -0.05) is 88.4 Å². The van der Waals surface area contributed by atoms with Crippen LogP contribution < -0.4 is 4.74 Å². The van der Waals surface area contributed by atoms with Crippen molar-refractivity contribution in [2.45, 2.75) is 95.7 Å². The fourth-order valence-corrected chi connectivity index (χ4v) is 6.19. The van der Waals surface area contributed by atoms with Gasteiger partial charge in [-0.15, -0.1) is 0 Å². The summed E-state index contributed by atoms with van der Waals surface area (Å²) in [5.74, 6) is -0.890. The number of rotatable bonds is 16. The maximum atomic E-state index is 11.3. The average molecular weight is 609 g/mol. The Labute approximate surface area is 259 Å². The number of carboxylic acid groups (broad SMARTS) is 2. The molecule has 2 fully saturated rings. The summed E-state index contributed by atoms with van der Waals surface area (Å²) in [7, 11) is 0. The van der Waals surface area contributed by atoms with Crippen LogP contribution >= 0.6 is 0 Å². The van der Waals surface area contributed by atoms with Gasteiger partial charge in [0.25, 0.3) is 0 Å². The first-order valence-corrected chi connectivity index (χ1v) is 15.7. The van der Waals surface area contributed by atoms with Gasteiger partial charge in [0.1, 0.15) is 11.9 Å². The first-order valence-electron chi connectivity index (χ1n) is 15.7. The molecular weight excluding hydrogens is 564 g/mol. The van der Waals surface area contributed by atoms with E-state index in [0.717, 1.165) is 42.1 Å². The molecule has 9 nitrogen and oxygen atoms in total. The number of aliphatic carboxylic acids is 2. The second-order valence-corrected chi connectivity index (χ2v) is 11.7. The second-order valence-electron chi connectivity index (χ2n) is 11.7. The summed E-state index contributed by atoms with van der Waals surface area (Å²) in [6.07, 6.45) is 8.74. The lowest BCUT2D eigenvalue weighted by molar-refractivity contribution is -0.156. The van der Waals surface area contributed by atoms with Crippen molar-refractivity contribution in [3.05, 3.63) is 66.7 Å². The average Bonchev–Trinajstić information content (AvgIpc) is 3.50. The normalized spacial score (nSPS) is 23.9. The van der Waals surface area contributed by atoms with Gasteiger partial charge >= 0.3 is 17.9 Å². The lowest BCUT2D eigenvalue weighted by Crippen LogP contribution is -2.36. The zero-order valence-corrected chi connectivity index (χ0v) is 25.4. The van der Waals surface area contributed by atoms with Crippen LogP contribution in [0.4, 0.5) is 0 Å². The number of hydrogen-bond acceptors (Lipinski definition) is 7. The van der Waals surface area contributed by atoms with Crippen LogP contribution in [0.5, 0.6) is 5.75 Å². The van der Waals surface area contributed by atoms with Crippen LogP contribution in [-0.2, 0) is 28.6 Å². The first-order chi connectivity index (χ1) is 21.3. The molecule has 1 aliphatic carbocycles. The molecule has 0 spiro atoms. The minimum atomic E-state index is -1.56. The van der Waals surface area contributed by atoms with Crippen molar-refractivity contribution < 1.29 is 43.5 Å². The molecule has 0 aromatic heterocycles. The summed E-state index contributed by atoms with van der Waals surface area (Å²) in [5, 5.41) is 18.5. The van der Waals surface area contributed by atoms with Gasteiger partial charge in [-0.05, 0) is 60.8 Å². The Morgan fingerprint density at radius 2 is 1.43 bits per heavy atom. The van der Waals surface area contributed by atoms with Gasteiger partial charge in [-0.2, -0.15) is 0 Å². The minimum absolute atomic E-state index is 0.190. The van der Waals surface area contributed by atoms with Crippen LogP contribution in [-0.4, -0.2) is 53.0 Å². The molecule has 3 unspecified atom stereocenters. The van der Waals surface area contributed by atoms with Crippen molar-refractivity contribution in [3.63, 3.8) is 0 Å². The summed E-state index contributed by atoms with van der Waals surface area (Å²) in [6, 6.07) is 15.3. The van der Waals surface area contributed by atoms with Crippen LogP contribution in [0.15, 0.2) is 61.2 Å². The molecule has 1 saturated carbocycles. The largest absolute Gasteiger partial charge is 0.490 e. The van der Waals surface area contributed by atoms with Crippen molar-refractivity contribution in [1.82, 2.24) is 0 Å². The quantitative estimate of drug-likeness (QED) is 0.118. The highest BCUT2D eigenvalue weighted by Gasteiger charge is 2.46. The molecule has 0 amide bonds. The van der Waals surface area contributed by atoms with Crippen LogP contribution in [0.1, 0.15) is 83.0 Å². The number of unbranched alkanes of at least 4 members (excludes halogenated alkanes) is 3. The monoisotopic (exact) mass is 608 g/mol. The Hall–Kier alpha value is -3.69. The number of ether oxygens (including phenoxy) is 4. The van der Waals surface area contributed by atoms with E-state index < -0.39 is 30.4 Å². The smallest absolute Gasteiger partial charge is 0.336 e. The van der Waals surface area contributed by atoms with Gasteiger partial charge in [0.15, 0.2) is 18.5 Å². The lowest BCUT2D eigenvalue weighted by atomic mass is 9.77. The third-order valence-corrected chi connectivity index (χ3v) is 8.70. The predicted molar refractivity (Wildman–Crippen MR) is 164 cm³/mol. The number of carboxylic acids is 2. The maximum absolute atomic E-state index is 11.3. The number of carbonyl (C=O) groups excluding carboxylic acids is 1. The summed E-state index contributed by atoms with van der Waals surface area (Å²) in [4.78, 5) is 33.8. The molecule has 2 N–H and O–H groups in total. The van der Waals surface area contributed by atoms with Gasteiger partial charge in [-0.25, -0.2) is 14.4 Å². The Bertz CT molecular complexity index is 1210. The standard InChI is InChI=1S/C35H44O9/c1-3-29(26-12-10-23(11-13-26)9-7-5-6-8-22-41-30(36)4-2)42-28-20-18-25(19-21-28)24-14-16-27(17-15-24)35-43-31(33(37)38)32(44-35)34(39)40/h4,14-21,23,26,29,31-32,35H,2-3,5-13,22H2,1H3,(H,37,38)(H,39,40). The molecule has 238 valence electrons. The molecule has 0 bridgehead atoms. The van der Waals surface area contributed by atoms with Gasteiger partial charge in [0, 0.05) is 11.6 Å². The van der Waals surface area contributed by atoms with Gasteiger partial charge in [0.2, 0.25) is 0 Å². The maximum Gasteiger partial charge on any atom is 0.336 e. The molecule has 2 aromatic carbocycles. The van der Waals surface area contributed by atoms with Crippen molar-refractivity contribution in [2.24, 2.45) is 11.8 Å². The summed E-state index contributed by atoms with van der Waals surface area (Å²) in [5.41, 5.74) is 2.49. The van der Waals surface area contributed by atoms with Gasteiger partial charge in [0.05, 0.1) is 6.61 Å². The number of carbonyl (C=O) groups is 3. The van der Waals surface area contributed by atoms with Gasteiger partial charge < -0.3 is 29.2 Å². The van der Waals surface area contributed by atoms with Crippen molar-refractivity contribution in [2.75, 3.05) is 6.61 Å². The highest BCUT2D eigenvalue weighted by molar-refractivity contribution is 5.84. The molecule has 2 aliphatic rings. The first kappa shape index (κ1) is 33.2. The Balaban J connectivity index is 1.20. The molecular formula is C35H44O9. The highest BCUT2D eigenvalue weighted by atomic mass is 16.7. The molecule has 9 heteroatoms. The summed E-state index contributed by atoms with van der Waals surface area (Å²) >= 11 is 0. The molecule has 44 heavy (non-hydrogen) atoms. The molecule has 0 radical (unpaired) electrons. The third kappa shape index (κ3) is 9.16. The Morgan fingerprint density at radius 3 is 1.98 bits per heavy atom. The summed E-state index contributed by atoms with van der Waals surface area (Å²) < 4.78 is 22.2. The van der Waals surface area contributed by atoms with E-state index in [1.807, 2.05) is 36.4 Å². The molecule has 1 saturated heterocycles. The fourth-order valence-electron chi connectivity index (χ4n) is 6.19. The van der Waals surface area contributed by atoms with E-state index in [-0.39, 0.29) is 12.1 Å². The zero-order valence-electron chi connectivity index (χ0n) is 25.4. The van der Waals surface area contributed by atoms with E-state index in [9.17, 15) is 24.6 Å². The molecule has 3 atom stereocenters. The van der Waals surface area contributed by atoms with Crippen LogP contribution in [0.3, 0.4) is 0 Å². The van der Waals surface area contributed by atoms with E-state index in [4.69, 9.17) is 18.9 Å². The minimum Gasteiger partial charge on any atom is -0.490 e. The lowest BCUT2D eigenvalue weighted by Gasteiger charge is -2.33. The number of benzene rings is 2. The topological polar surface area (TPSA) is 129 Å². The fraction of sp³-hybridized carbons (Fsp3) is 0.514. The SMILES string of the molecule is C=CC(=O)OCCCCCCC1CCC(C(CC)Oc2ccc(-c3ccc(C4OC(C(=O)O)C(C(=O)O)O4)cc3)cc2)CC1. The zero-order chi connectivity index (χ0) is 31.5. The van der Waals surface area contributed by atoms with E-state index in [1.165, 1.54) is 51.0 Å². The molecule has 2 aromatic rings. The van der Waals surface area contributed by atoms with Crippen molar-refractivity contribution in [1.29, 1.82) is 0 Å². The van der Waals surface area contributed by atoms with Gasteiger partial charge in [-0.3, -0.25) is 0 Å². The van der Waals surface area contributed by atoms with E-state index in [0.29, 0.717) is 18.1 Å². The second kappa shape index (κ2) is 16.4. The van der Waals surface area contributed by atoms with Crippen LogP contribution in [0, 0.1) is 11.8 Å². The Morgan fingerprint density at radius 1 is 0.864 bits per heavy atom. The number of esters is 1. The molecule has 1 heterocycles. The van der Waals surface area contributed by atoms with Crippen LogP contribution in [0.25, 0.3) is 11.1 Å². The van der Waals surface area contributed by atoms with Crippen molar-refractivity contribution >= 4 is 17.9 Å². The van der Waals surface area contributed by atoms with E-state index in [1.54, 1.807) is 12.1 Å².